The Labute approximate surface area is 176 Å². The van der Waals surface area contributed by atoms with E-state index in [0.29, 0.717) is 12.1 Å². The Morgan fingerprint density at radius 3 is 2.77 bits per heavy atom. The zero-order chi connectivity index (χ0) is 21.1. The minimum absolute atomic E-state index is 0.0243. The maximum Gasteiger partial charge on any atom is 0.319 e. The van der Waals surface area contributed by atoms with Gasteiger partial charge >= 0.3 is 12.0 Å². The average Bonchev–Trinajstić information content (AvgIpc) is 3.11. The van der Waals surface area contributed by atoms with E-state index >= 15 is 0 Å². The van der Waals surface area contributed by atoms with Gasteiger partial charge in [0.05, 0.1) is 26.2 Å². The first-order valence-electron chi connectivity index (χ1n) is 10.8. The van der Waals surface area contributed by atoms with Crippen LogP contribution < -0.4 is 15.4 Å². The van der Waals surface area contributed by atoms with E-state index in [0.717, 1.165) is 37.0 Å². The SMILES string of the molecule is COC(=O)C[C@H]1C[C@H]2c3cc(NC(=O)NC4CCCCC4)ccc3O[C@H]2[C@@H](CO)O1. The van der Waals surface area contributed by atoms with Gasteiger partial charge in [-0.25, -0.2) is 4.79 Å². The van der Waals surface area contributed by atoms with Crippen LogP contribution in [0, 0.1) is 0 Å². The smallest absolute Gasteiger partial charge is 0.319 e. The first-order valence-corrected chi connectivity index (χ1v) is 10.8. The van der Waals surface area contributed by atoms with Gasteiger partial charge in [-0.15, -0.1) is 0 Å². The molecule has 0 radical (unpaired) electrons. The van der Waals surface area contributed by atoms with Crippen LogP contribution in [0.2, 0.25) is 0 Å². The summed E-state index contributed by atoms with van der Waals surface area (Å²) in [7, 11) is 1.35. The van der Waals surface area contributed by atoms with Crippen LogP contribution in [0.15, 0.2) is 18.2 Å². The largest absolute Gasteiger partial charge is 0.487 e. The molecular weight excluding hydrogens is 388 g/mol. The van der Waals surface area contributed by atoms with Crippen molar-refractivity contribution in [1.29, 1.82) is 0 Å². The number of hydrogen-bond acceptors (Lipinski definition) is 6. The fraction of sp³-hybridized carbons (Fsp3) is 0.636. The lowest BCUT2D eigenvalue weighted by atomic mass is 9.84. The van der Waals surface area contributed by atoms with Crippen molar-refractivity contribution in [2.45, 2.75) is 75.2 Å². The number of amides is 2. The summed E-state index contributed by atoms with van der Waals surface area (Å²) in [5.41, 5.74) is 1.66. The molecule has 164 valence electrons. The molecule has 1 saturated carbocycles. The summed E-state index contributed by atoms with van der Waals surface area (Å²) in [5, 5.41) is 15.8. The summed E-state index contributed by atoms with van der Waals surface area (Å²) in [4.78, 5) is 24.1. The molecule has 2 fully saturated rings. The minimum Gasteiger partial charge on any atom is -0.487 e. The number of anilines is 1. The van der Waals surface area contributed by atoms with Crippen LogP contribution in [0.25, 0.3) is 0 Å². The lowest BCUT2D eigenvalue weighted by Gasteiger charge is -2.36. The molecule has 0 spiro atoms. The molecule has 30 heavy (non-hydrogen) atoms. The maximum atomic E-state index is 12.4. The monoisotopic (exact) mass is 418 g/mol. The summed E-state index contributed by atoms with van der Waals surface area (Å²) in [6.07, 6.45) is 5.14. The van der Waals surface area contributed by atoms with E-state index in [1.165, 1.54) is 13.5 Å². The molecule has 2 heterocycles. The van der Waals surface area contributed by atoms with Crippen LogP contribution in [0.5, 0.6) is 5.75 Å². The second kappa shape index (κ2) is 9.22. The van der Waals surface area contributed by atoms with E-state index in [9.17, 15) is 14.7 Å². The molecule has 1 aliphatic carbocycles. The first kappa shape index (κ1) is 20.9. The van der Waals surface area contributed by atoms with Gasteiger partial charge in [0.1, 0.15) is 18.0 Å². The zero-order valence-electron chi connectivity index (χ0n) is 17.3. The van der Waals surface area contributed by atoms with Crippen molar-refractivity contribution in [3.8, 4) is 5.75 Å². The number of aliphatic hydroxyl groups excluding tert-OH is 1. The van der Waals surface area contributed by atoms with Gasteiger partial charge in [-0.2, -0.15) is 0 Å². The molecule has 2 amide bonds. The molecule has 8 heteroatoms. The fourth-order valence-corrected chi connectivity index (χ4v) is 4.84. The third-order valence-corrected chi connectivity index (χ3v) is 6.32. The predicted molar refractivity (Wildman–Crippen MR) is 110 cm³/mol. The van der Waals surface area contributed by atoms with Gasteiger partial charge in [0.2, 0.25) is 0 Å². The van der Waals surface area contributed by atoms with Crippen molar-refractivity contribution in [1.82, 2.24) is 5.32 Å². The Hall–Kier alpha value is -2.32. The zero-order valence-corrected chi connectivity index (χ0v) is 17.3. The first-order chi connectivity index (χ1) is 14.6. The summed E-state index contributed by atoms with van der Waals surface area (Å²) >= 11 is 0. The van der Waals surface area contributed by atoms with Gasteiger partial charge < -0.3 is 30.0 Å². The second-order valence-corrected chi connectivity index (χ2v) is 8.37. The van der Waals surface area contributed by atoms with Crippen LogP contribution in [0.1, 0.15) is 56.4 Å². The van der Waals surface area contributed by atoms with E-state index in [4.69, 9.17) is 14.2 Å². The topological polar surface area (TPSA) is 106 Å². The van der Waals surface area contributed by atoms with Crippen molar-refractivity contribution >= 4 is 17.7 Å². The molecule has 1 aromatic rings. The molecule has 3 N–H and O–H groups in total. The number of esters is 1. The number of ether oxygens (including phenoxy) is 3. The number of methoxy groups -OCH3 is 1. The maximum absolute atomic E-state index is 12.4. The average molecular weight is 418 g/mol. The van der Waals surface area contributed by atoms with Crippen LogP contribution >= 0.6 is 0 Å². The summed E-state index contributed by atoms with van der Waals surface area (Å²) in [6, 6.07) is 5.63. The van der Waals surface area contributed by atoms with E-state index in [1.54, 1.807) is 0 Å². The molecule has 2 aliphatic heterocycles. The standard InChI is InChI=1S/C22H30N2O6/c1-28-20(26)11-15-10-17-16-9-14(24-22(27)23-13-5-3-2-4-6-13)7-8-18(16)30-21(17)19(12-25)29-15/h7-9,13,15,17,19,21,25H,2-6,10-12H2,1H3,(H2,23,24,27)/t15-,17+,19-,21-/m1/s1. The Morgan fingerprint density at radius 2 is 2.03 bits per heavy atom. The lowest BCUT2D eigenvalue weighted by molar-refractivity contribution is -0.156. The van der Waals surface area contributed by atoms with Gasteiger partial charge in [-0.1, -0.05) is 19.3 Å². The van der Waals surface area contributed by atoms with E-state index in [1.807, 2.05) is 18.2 Å². The van der Waals surface area contributed by atoms with Gasteiger partial charge in [0, 0.05) is 23.2 Å². The Balaban J connectivity index is 1.45. The molecule has 1 aromatic carbocycles. The van der Waals surface area contributed by atoms with Crippen molar-refractivity contribution < 1.29 is 28.9 Å². The van der Waals surface area contributed by atoms with Crippen LogP contribution in [-0.2, 0) is 14.3 Å². The quantitative estimate of drug-likeness (QED) is 0.635. The van der Waals surface area contributed by atoms with Crippen molar-refractivity contribution in [3.05, 3.63) is 23.8 Å². The second-order valence-electron chi connectivity index (χ2n) is 8.37. The van der Waals surface area contributed by atoms with E-state index in [-0.39, 0.29) is 49.2 Å². The highest BCUT2D eigenvalue weighted by atomic mass is 16.6. The number of urea groups is 1. The van der Waals surface area contributed by atoms with Crippen LogP contribution in [0.3, 0.4) is 0 Å². The predicted octanol–water partition coefficient (Wildman–Crippen LogP) is 2.70. The number of carbonyl (C=O) groups excluding carboxylic acids is 2. The lowest BCUT2D eigenvalue weighted by Crippen LogP contribution is -2.46. The third kappa shape index (κ3) is 4.54. The summed E-state index contributed by atoms with van der Waals surface area (Å²) < 4.78 is 16.7. The molecule has 3 aliphatic rings. The molecule has 4 atom stereocenters. The number of rotatable bonds is 5. The number of aliphatic hydroxyl groups is 1. The van der Waals surface area contributed by atoms with Gasteiger partial charge in [-0.3, -0.25) is 4.79 Å². The number of nitrogens with one attached hydrogen (secondary N) is 2. The van der Waals surface area contributed by atoms with E-state index < -0.39 is 6.10 Å². The molecular formula is C22H30N2O6. The molecule has 4 rings (SSSR count). The number of fused-ring (bicyclic) bond motifs is 3. The van der Waals surface area contributed by atoms with Gasteiger partial charge in [0.15, 0.2) is 0 Å². The highest BCUT2D eigenvalue weighted by Crippen LogP contribution is 2.47. The number of carbonyl (C=O) groups is 2. The molecule has 0 bridgehead atoms. The Morgan fingerprint density at radius 1 is 1.23 bits per heavy atom. The highest BCUT2D eigenvalue weighted by Gasteiger charge is 2.46. The molecule has 0 unspecified atom stereocenters. The Kier molecular flexibility index (Phi) is 6.43. The minimum atomic E-state index is -0.517. The van der Waals surface area contributed by atoms with Gasteiger partial charge in [0.25, 0.3) is 0 Å². The normalized spacial score (nSPS) is 28.1. The number of hydrogen-bond donors (Lipinski definition) is 3. The Bertz CT molecular complexity index is 779. The summed E-state index contributed by atoms with van der Waals surface area (Å²) in [5.74, 6) is 0.358. The number of benzene rings is 1. The van der Waals surface area contributed by atoms with Crippen molar-refractivity contribution in [2.24, 2.45) is 0 Å². The van der Waals surface area contributed by atoms with Crippen LogP contribution in [-0.4, -0.2) is 55.2 Å². The molecule has 8 nitrogen and oxygen atoms in total. The molecule has 0 aromatic heterocycles. The highest BCUT2D eigenvalue weighted by molar-refractivity contribution is 5.89. The van der Waals surface area contributed by atoms with Crippen molar-refractivity contribution in [2.75, 3.05) is 19.0 Å². The van der Waals surface area contributed by atoms with Gasteiger partial charge in [-0.05, 0) is 37.5 Å². The molecule has 1 saturated heterocycles. The van der Waals surface area contributed by atoms with Crippen LogP contribution in [0.4, 0.5) is 10.5 Å². The van der Waals surface area contributed by atoms with Crippen molar-refractivity contribution in [3.63, 3.8) is 0 Å². The summed E-state index contributed by atoms with van der Waals surface area (Å²) in [6.45, 7) is -0.193. The third-order valence-electron chi connectivity index (χ3n) is 6.32. The van der Waals surface area contributed by atoms with E-state index in [2.05, 4.69) is 10.6 Å². The fourth-order valence-electron chi connectivity index (χ4n) is 4.84.